The number of anilines is 1. The standard InChI is InChI=1S/C24H26BrNO4/c25-24-10-14-4-15(11-24)9-23(8-14,13-24)22(29)30-12-19(27)17-5-16-2-1-3-26-20(28)7-18(6-17)21(16)26/h5-6,14-15H,1-4,7-13H2. The Morgan fingerprint density at radius 3 is 2.60 bits per heavy atom. The van der Waals surface area contributed by atoms with E-state index in [1.807, 2.05) is 17.0 Å². The number of ether oxygens (including phenoxy) is 1. The average molecular weight is 472 g/mol. The lowest BCUT2D eigenvalue weighted by Crippen LogP contribution is -2.56. The second kappa shape index (κ2) is 6.41. The summed E-state index contributed by atoms with van der Waals surface area (Å²) in [7, 11) is 0. The Labute approximate surface area is 184 Å². The van der Waals surface area contributed by atoms with Crippen molar-refractivity contribution in [3.05, 3.63) is 28.8 Å². The number of ketones is 1. The number of hydrogen-bond donors (Lipinski definition) is 0. The maximum absolute atomic E-state index is 13.1. The first-order valence-corrected chi connectivity index (χ1v) is 12.0. The van der Waals surface area contributed by atoms with E-state index in [1.54, 1.807) is 0 Å². The molecule has 2 atom stereocenters. The lowest BCUT2D eigenvalue weighted by atomic mass is 9.49. The Balaban J connectivity index is 1.18. The van der Waals surface area contributed by atoms with Crippen molar-refractivity contribution in [2.75, 3.05) is 18.1 Å². The van der Waals surface area contributed by atoms with Crippen LogP contribution in [0.25, 0.3) is 0 Å². The molecule has 0 aromatic heterocycles. The van der Waals surface area contributed by atoms with Gasteiger partial charge in [-0.25, -0.2) is 0 Å². The molecule has 6 heteroatoms. The maximum atomic E-state index is 13.1. The lowest BCUT2D eigenvalue weighted by Gasteiger charge is -2.58. The summed E-state index contributed by atoms with van der Waals surface area (Å²) >= 11 is 3.93. The van der Waals surface area contributed by atoms with Crippen LogP contribution in [-0.2, 0) is 27.2 Å². The van der Waals surface area contributed by atoms with Crippen LogP contribution >= 0.6 is 15.9 Å². The van der Waals surface area contributed by atoms with Crippen molar-refractivity contribution in [3.63, 3.8) is 0 Å². The van der Waals surface area contributed by atoms with Gasteiger partial charge >= 0.3 is 5.97 Å². The van der Waals surface area contributed by atoms with Crippen LogP contribution in [0.2, 0.25) is 0 Å². The molecule has 1 amide bonds. The largest absolute Gasteiger partial charge is 0.457 e. The second-order valence-electron chi connectivity index (χ2n) is 10.4. The van der Waals surface area contributed by atoms with Gasteiger partial charge in [0, 0.05) is 16.4 Å². The average Bonchev–Trinajstić information content (AvgIpc) is 3.01. The van der Waals surface area contributed by atoms with E-state index in [0.717, 1.165) is 68.3 Å². The van der Waals surface area contributed by atoms with Gasteiger partial charge in [-0.05, 0) is 86.5 Å². The predicted octanol–water partition coefficient (Wildman–Crippen LogP) is 3.98. The van der Waals surface area contributed by atoms with Crippen LogP contribution in [0.15, 0.2) is 12.1 Å². The summed E-state index contributed by atoms with van der Waals surface area (Å²) in [5.74, 6) is 0.959. The first-order valence-electron chi connectivity index (χ1n) is 11.2. The van der Waals surface area contributed by atoms with E-state index >= 15 is 0 Å². The third-order valence-corrected chi connectivity index (χ3v) is 9.02. The molecular weight excluding hydrogens is 446 g/mol. The molecule has 0 saturated heterocycles. The van der Waals surface area contributed by atoms with Gasteiger partial charge in [-0.2, -0.15) is 0 Å². The van der Waals surface area contributed by atoms with E-state index in [9.17, 15) is 14.4 Å². The molecule has 2 unspecified atom stereocenters. The van der Waals surface area contributed by atoms with Crippen molar-refractivity contribution in [1.29, 1.82) is 0 Å². The molecule has 2 heterocycles. The zero-order valence-corrected chi connectivity index (χ0v) is 18.6. The molecule has 4 fully saturated rings. The fourth-order valence-corrected chi connectivity index (χ4v) is 8.85. The molecule has 7 rings (SSSR count). The summed E-state index contributed by atoms with van der Waals surface area (Å²) in [4.78, 5) is 40.1. The topological polar surface area (TPSA) is 63.7 Å². The van der Waals surface area contributed by atoms with E-state index in [1.165, 1.54) is 6.42 Å². The van der Waals surface area contributed by atoms with Gasteiger partial charge in [0.25, 0.3) is 0 Å². The Morgan fingerprint density at radius 2 is 1.87 bits per heavy atom. The fraction of sp³-hybridized carbons (Fsp3) is 0.625. The van der Waals surface area contributed by atoms with E-state index < -0.39 is 5.41 Å². The van der Waals surface area contributed by atoms with Crippen molar-refractivity contribution < 1.29 is 19.1 Å². The van der Waals surface area contributed by atoms with E-state index in [0.29, 0.717) is 23.8 Å². The Bertz CT molecular complexity index is 972. The number of aryl methyl sites for hydroxylation is 1. The number of esters is 1. The highest BCUT2D eigenvalue weighted by Gasteiger charge is 2.60. The number of Topliss-reactive ketones (excluding diaryl/α,β-unsaturated/α-hetero) is 1. The quantitative estimate of drug-likeness (QED) is 0.378. The molecule has 5 nitrogen and oxygen atoms in total. The van der Waals surface area contributed by atoms with Gasteiger partial charge in [-0.3, -0.25) is 14.4 Å². The number of amides is 1. The van der Waals surface area contributed by atoms with Gasteiger partial charge < -0.3 is 9.64 Å². The van der Waals surface area contributed by atoms with Gasteiger partial charge in [0.1, 0.15) is 0 Å². The molecular formula is C24H26BrNO4. The molecule has 1 aromatic carbocycles. The predicted molar refractivity (Wildman–Crippen MR) is 115 cm³/mol. The second-order valence-corrected chi connectivity index (χ2v) is 12.0. The fourth-order valence-electron chi connectivity index (χ4n) is 7.40. The number of carbonyl (C=O) groups excluding carboxylic acids is 3. The van der Waals surface area contributed by atoms with Crippen LogP contribution in [0.3, 0.4) is 0 Å². The van der Waals surface area contributed by atoms with Crippen molar-refractivity contribution in [2.24, 2.45) is 17.3 Å². The van der Waals surface area contributed by atoms with Crippen LogP contribution in [-0.4, -0.2) is 35.1 Å². The maximum Gasteiger partial charge on any atom is 0.312 e. The molecule has 2 aliphatic heterocycles. The number of hydrogen-bond acceptors (Lipinski definition) is 4. The van der Waals surface area contributed by atoms with Gasteiger partial charge in [-0.1, -0.05) is 15.9 Å². The summed E-state index contributed by atoms with van der Waals surface area (Å²) in [5, 5.41) is 0. The molecule has 1 aromatic rings. The lowest BCUT2D eigenvalue weighted by molar-refractivity contribution is -0.168. The number of alkyl halides is 1. The minimum Gasteiger partial charge on any atom is -0.457 e. The molecule has 0 spiro atoms. The number of nitrogens with zero attached hydrogens (tertiary/aromatic N) is 1. The number of rotatable bonds is 4. The first kappa shape index (κ1) is 19.0. The Morgan fingerprint density at radius 1 is 1.13 bits per heavy atom. The number of carbonyl (C=O) groups is 3. The molecule has 4 saturated carbocycles. The molecule has 4 bridgehead atoms. The summed E-state index contributed by atoms with van der Waals surface area (Å²) in [5.41, 5.74) is 3.17. The molecule has 6 aliphatic rings. The molecule has 30 heavy (non-hydrogen) atoms. The smallest absolute Gasteiger partial charge is 0.312 e. The van der Waals surface area contributed by atoms with Crippen LogP contribution in [0.1, 0.15) is 66.4 Å². The molecule has 158 valence electrons. The summed E-state index contributed by atoms with van der Waals surface area (Å²) in [6, 6.07) is 3.73. The van der Waals surface area contributed by atoms with Gasteiger partial charge in [0.2, 0.25) is 5.91 Å². The van der Waals surface area contributed by atoms with Gasteiger partial charge in [-0.15, -0.1) is 0 Å². The normalized spacial score (nSPS) is 35.5. The first-order chi connectivity index (χ1) is 14.3. The molecule has 0 N–H and O–H groups in total. The van der Waals surface area contributed by atoms with Crippen molar-refractivity contribution in [2.45, 2.75) is 62.1 Å². The van der Waals surface area contributed by atoms with Gasteiger partial charge in [0.05, 0.1) is 17.5 Å². The zero-order valence-electron chi connectivity index (χ0n) is 17.0. The summed E-state index contributed by atoms with van der Waals surface area (Å²) in [6.45, 7) is 0.559. The Hall–Kier alpha value is -1.69. The Kier molecular flexibility index (Phi) is 4.07. The zero-order chi connectivity index (χ0) is 20.7. The highest BCUT2D eigenvalue weighted by Crippen LogP contribution is 2.64. The highest BCUT2D eigenvalue weighted by molar-refractivity contribution is 9.10. The van der Waals surface area contributed by atoms with Crippen molar-refractivity contribution in [1.82, 2.24) is 0 Å². The minimum atomic E-state index is -0.412. The molecule has 4 aliphatic carbocycles. The summed E-state index contributed by atoms with van der Waals surface area (Å²) in [6.07, 6.45) is 8.36. The minimum absolute atomic E-state index is 0.0845. The van der Waals surface area contributed by atoms with E-state index in [2.05, 4.69) is 15.9 Å². The number of halogens is 1. The van der Waals surface area contributed by atoms with Crippen molar-refractivity contribution in [3.8, 4) is 0 Å². The monoisotopic (exact) mass is 471 g/mol. The van der Waals surface area contributed by atoms with Crippen LogP contribution in [0, 0.1) is 17.3 Å². The number of benzene rings is 1. The van der Waals surface area contributed by atoms with E-state index in [-0.39, 0.29) is 28.6 Å². The van der Waals surface area contributed by atoms with Crippen LogP contribution < -0.4 is 4.90 Å². The van der Waals surface area contributed by atoms with Crippen LogP contribution in [0.5, 0.6) is 0 Å². The molecule has 0 radical (unpaired) electrons. The third-order valence-electron chi connectivity index (χ3n) is 8.09. The van der Waals surface area contributed by atoms with Crippen LogP contribution in [0.4, 0.5) is 5.69 Å². The van der Waals surface area contributed by atoms with Crippen molar-refractivity contribution >= 4 is 39.3 Å². The summed E-state index contributed by atoms with van der Waals surface area (Å²) < 4.78 is 5.74. The van der Waals surface area contributed by atoms with E-state index in [4.69, 9.17) is 4.74 Å². The SMILES string of the molecule is O=C(COC(=O)C12CC3CC(CC(Br)(C3)C1)C2)c1cc2c3c(c1)CC(=O)N3CCC2. The van der Waals surface area contributed by atoms with Gasteiger partial charge in [0.15, 0.2) is 12.4 Å². The highest BCUT2D eigenvalue weighted by atomic mass is 79.9. The third kappa shape index (κ3) is 2.82.